The monoisotopic (exact) mass is 227 g/mol. The Bertz CT molecular complexity index is 266. The highest BCUT2D eigenvalue weighted by Gasteiger charge is 2.27. The van der Waals surface area contributed by atoms with Gasteiger partial charge < -0.3 is 9.64 Å². The van der Waals surface area contributed by atoms with E-state index in [1.54, 1.807) is 11.0 Å². The third-order valence-electron chi connectivity index (χ3n) is 2.19. The molecule has 0 aromatic rings. The normalized spacial score (nSPS) is 10.8. The second kappa shape index (κ2) is 6.30. The van der Waals surface area contributed by atoms with Gasteiger partial charge in [0.1, 0.15) is 6.42 Å². The number of hydrogen-bond donors (Lipinski definition) is 0. The second-order valence-corrected chi connectivity index (χ2v) is 4.55. The fourth-order valence-corrected chi connectivity index (χ4v) is 1.35. The van der Waals surface area contributed by atoms with E-state index in [1.807, 2.05) is 20.8 Å². The summed E-state index contributed by atoms with van der Waals surface area (Å²) in [4.78, 5) is 24.6. The van der Waals surface area contributed by atoms with E-state index in [1.165, 1.54) is 7.11 Å². The minimum absolute atomic E-state index is 0.203. The topological polar surface area (TPSA) is 46.6 Å². The summed E-state index contributed by atoms with van der Waals surface area (Å²) < 4.78 is 4.48. The zero-order valence-corrected chi connectivity index (χ0v) is 10.6. The number of methoxy groups -OCH3 is 1. The van der Waals surface area contributed by atoms with Gasteiger partial charge in [-0.2, -0.15) is 0 Å². The van der Waals surface area contributed by atoms with E-state index in [-0.39, 0.29) is 17.9 Å². The molecule has 0 atom stereocenters. The Hall–Kier alpha value is -1.32. The molecule has 0 aromatic heterocycles. The van der Waals surface area contributed by atoms with Gasteiger partial charge in [0.05, 0.1) is 7.11 Å². The number of carbonyl (C=O) groups is 2. The third kappa shape index (κ3) is 4.96. The van der Waals surface area contributed by atoms with Crippen LogP contribution in [0, 0.1) is 0 Å². The molecule has 0 heterocycles. The van der Waals surface area contributed by atoms with Crippen LogP contribution in [0.15, 0.2) is 12.7 Å². The van der Waals surface area contributed by atoms with Gasteiger partial charge in [0, 0.05) is 12.1 Å². The summed E-state index contributed by atoms with van der Waals surface area (Å²) in [5.41, 5.74) is -0.298. The molecule has 1 amide bonds. The molecule has 0 unspecified atom stereocenters. The van der Waals surface area contributed by atoms with Gasteiger partial charge in [0.25, 0.3) is 0 Å². The second-order valence-electron chi connectivity index (χ2n) is 4.55. The molecule has 0 aliphatic carbocycles. The molecular formula is C12H21NO3. The van der Waals surface area contributed by atoms with Crippen molar-refractivity contribution in [1.82, 2.24) is 4.90 Å². The predicted octanol–water partition coefficient (Wildman–Crippen LogP) is 1.75. The molecule has 0 N–H and O–H groups in total. The van der Waals surface area contributed by atoms with Crippen LogP contribution in [0.25, 0.3) is 0 Å². The van der Waals surface area contributed by atoms with Crippen LogP contribution in [0.1, 0.15) is 33.6 Å². The maximum atomic E-state index is 11.9. The first-order valence-electron chi connectivity index (χ1n) is 5.31. The number of esters is 1. The van der Waals surface area contributed by atoms with Crippen LogP contribution < -0.4 is 0 Å². The number of nitrogens with zero attached hydrogens (tertiary/aromatic N) is 1. The Morgan fingerprint density at radius 3 is 2.31 bits per heavy atom. The number of amides is 1. The Labute approximate surface area is 97.3 Å². The minimum Gasteiger partial charge on any atom is -0.469 e. The van der Waals surface area contributed by atoms with Crippen molar-refractivity contribution in [1.29, 1.82) is 0 Å². The lowest BCUT2D eigenvalue weighted by atomic mass is 10.0. The number of hydrogen-bond acceptors (Lipinski definition) is 3. The van der Waals surface area contributed by atoms with Gasteiger partial charge in [-0.3, -0.25) is 9.59 Å². The quantitative estimate of drug-likeness (QED) is 0.408. The molecule has 0 radical (unpaired) electrons. The molecule has 0 fully saturated rings. The molecular weight excluding hydrogens is 206 g/mol. The zero-order chi connectivity index (χ0) is 12.8. The first-order chi connectivity index (χ1) is 7.32. The average molecular weight is 227 g/mol. The van der Waals surface area contributed by atoms with E-state index < -0.39 is 5.97 Å². The number of carbonyl (C=O) groups excluding carboxylic acids is 2. The van der Waals surface area contributed by atoms with Crippen molar-refractivity contribution in [2.45, 2.75) is 39.2 Å². The summed E-state index contributed by atoms with van der Waals surface area (Å²) in [7, 11) is 1.28. The fraction of sp³-hybridized carbons (Fsp3) is 0.667. The summed E-state index contributed by atoms with van der Waals surface area (Å²) in [5, 5.41) is 0. The molecule has 0 aromatic carbocycles. The molecule has 4 nitrogen and oxygen atoms in total. The van der Waals surface area contributed by atoms with Crippen LogP contribution >= 0.6 is 0 Å². The van der Waals surface area contributed by atoms with E-state index >= 15 is 0 Å². The summed E-state index contributed by atoms with van der Waals surface area (Å²) in [6.45, 7) is 10.0. The van der Waals surface area contributed by atoms with Crippen LogP contribution in [-0.2, 0) is 14.3 Å². The molecule has 92 valence electrons. The Morgan fingerprint density at radius 2 is 1.94 bits per heavy atom. The number of ether oxygens (including phenoxy) is 1. The van der Waals surface area contributed by atoms with Crippen molar-refractivity contribution in [3.05, 3.63) is 12.7 Å². The predicted molar refractivity (Wildman–Crippen MR) is 62.9 cm³/mol. The average Bonchev–Trinajstić information content (AvgIpc) is 2.16. The molecule has 4 heteroatoms. The maximum Gasteiger partial charge on any atom is 0.315 e. The molecule has 0 saturated heterocycles. The van der Waals surface area contributed by atoms with Crippen molar-refractivity contribution in [3.8, 4) is 0 Å². The first-order valence-corrected chi connectivity index (χ1v) is 5.31. The summed E-state index contributed by atoms with van der Waals surface area (Å²) in [6.07, 6.45) is 2.26. The lowest BCUT2D eigenvalue weighted by Gasteiger charge is -2.35. The van der Waals surface area contributed by atoms with Crippen molar-refractivity contribution in [2.24, 2.45) is 0 Å². The van der Waals surface area contributed by atoms with E-state index in [0.717, 1.165) is 0 Å². The van der Waals surface area contributed by atoms with E-state index in [2.05, 4.69) is 11.3 Å². The highest BCUT2D eigenvalue weighted by atomic mass is 16.5. The lowest BCUT2D eigenvalue weighted by molar-refractivity contribution is -0.148. The van der Waals surface area contributed by atoms with Crippen LogP contribution in [0.3, 0.4) is 0 Å². The van der Waals surface area contributed by atoms with Crippen LogP contribution in [0.5, 0.6) is 0 Å². The lowest BCUT2D eigenvalue weighted by Crippen LogP contribution is -2.46. The van der Waals surface area contributed by atoms with Gasteiger partial charge in [-0.15, -0.1) is 6.58 Å². The van der Waals surface area contributed by atoms with Crippen molar-refractivity contribution in [3.63, 3.8) is 0 Å². The Balaban J connectivity index is 4.56. The summed E-state index contributed by atoms with van der Waals surface area (Å²) >= 11 is 0. The van der Waals surface area contributed by atoms with Crippen molar-refractivity contribution in [2.75, 3.05) is 13.7 Å². The minimum atomic E-state index is -0.502. The molecule has 0 spiro atoms. The maximum absolute atomic E-state index is 11.9. The summed E-state index contributed by atoms with van der Waals surface area (Å²) in [5.74, 6) is -0.709. The highest BCUT2D eigenvalue weighted by Crippen LogP contribution is 2.15. The molecule has 0 saturated carbocycles. The van der Waals surface area contributed by atoms with Gasteiger partial charge in [0.2, 0.25) is 5.91 Å². The fourth-order valence-electron chi connectivity index (χ4n) is 1.35. The standard InChI is InChI=1S/C12H21NO3/c1-6-7-8-13(12(2,3)4)10(14)9-11(15)16-5/h6H,1,7-9H2,2-5H3. The van der Waals surface area contributed by atoms with Crippen LogP contribution in [0.2, 0.25) is 0 Å². The van der Waals surface area contributed by atoms with Crippen molar-refractivity contribution >= 4 is 11.9 Å². The van der Waals surface area contributed by atoms with E-state index in [9.17, 15) is 9.59 Å². The third-order valence-corrected chi connectivity index (χ3v) is 2.19. The molecule has 0 rings (SSSR count). The zero-order valence-electron chi connectivity index (χ0n) is 10.6. The smallest absolute Gasteiger partial charge is 0.315 e. The van der Waals surface area contributed by atoms with E-state index in [4.69, 9.17) is 0 Å². The molecule has 16 heavy (non-hydrogen) atoms. The van der Waals surface area contributed by atoms with Gasteiger partial charge in [-0.25, -0.2) is 0 Å². The van der Waals surface area contributed by atoms with Gasteiger partial charge >= 0.3 is 5.97 Å². The van der Waals surface area contributed by atoms with Gasteiger partial charge in [-0.05, 0) is 27.2 Å². The molecule has 0 aliphatic rings. The van der Waals surface area contributed by atoms with Crippen molar-refractivity contribution < 1.29 is 14.3 Å². The SMILES string of the molecule is C=CCCN(C(=O)CC(=O)OC)C(C)(C)C. The number of rotatable bonds is 5. The van der Waals surface area contributed by atoms with Gasteiger partial charge in [-0.1, -0.05) is 6.08 Å². The van der Waals surface area contributed by atoms with Crippen LogP contribution in [0.4, 0.5) is 0 Å². The largest absolute Gasteiger partial charge is 0.469 e. The first kappa shape index (κ1) is 14.7. The highest BCUT2D eigenvalue weighted by molar-refractivity contribution is 5.94. The Morgan fingerprint density at radius 1 is 1.38 bits per heavy atom. The van der Waals surface area contributed by atoms with Crippen LogP contribution in [-0.4, -0.2) is 36.0 Å². The van der Waals surface area contributed by atoms with Gasteiger partial charge in [0.15, 0.2) is 0 Å². The van der Waals surface area contributed by atoms with E-state index in [0.29, 0.717) is 13.0 Å². The molecule has 0 aliphatic heterocycles. The Kier molecular flexibility index (Phi) is 5.78. The molecule has 0 bridgehead atoms. The summed E-state index contributed by atoms with van der Waals surface area (Å²) in [6, 6.07) is 0.